The molecule has 0 saturated heterocycles. The monoisotopic (exact) mass is 223 g/mol. The summed E-state index contributed by atoms with van der Waals surface area (Å²) in [6.07, 6.45) is 4.17. The molecule has 0 spiro atoms. The van der Waals surface area contributed by atoms with Crippen molar-refractivity contribution in [2.75, 3.05) is 7.11 Å². The zero-order valence-electron chi connectivity index (χ0n) is 8.21. The number of hydrogen-bond acceptors (Lipinski definition) is 2. The summed E-state index contributed by atoms with van der Waals surface area (Å²) in [5, 5.41) is 2.94. The van der Waals surface area contributed by atoms with Gasteiger partial charge in [0.1, 0.15) is 0 Å². The number of nitrogens with one attached hydrogen (secondary N) is 1. The maximum absolute atomic E-state index is 13.4. The summed E-state index contributed by atoms with van der Waals surface area (Å²) < 4.78 is 18.3. The lowest BCUT2D eigenvalue weighted by molar-refractivity contribution is 0.386. The lowest BCUT2D eigenvalue weighted by atomic mass is 10.0. The summed E-state index contributed by atoms with van der Waals surface area (Å²) in [5.74, 6) is -0.0967. The van der Waals surface area contributed by atoms with Gasteiger partial charge in [0.05, 0.1) is 12.1 Å². The van der Waals surface area contributed by atoms with Crippen LogP contribution >= 0.6 is 12.2 Å². The van der Waals surface area contributed by atoms with E-state index in [1.807, 2.05) is 6.08 Å². The number of halogens is 1. The second-order valence-corrected chi connectivity index (χ2v) is 3.76. The maximum Gasteiger partial charge on any atom is 0.165 e. The van der Waals surface area contributed by atoms with E-state index in [-0.39, 0.29) is 11.6 Å². The summed E-state index contributed by atoms with van der Waals surface area (Å²) in [7, 11) is 1.45. The first-order valence-electron chi connectivity index (χ1n) is 4.53. The largest absolute Gasteiger partial charge is 0.494 e. The van der Waals surface area contributed by atoms with Crippen molar-refractivity contribution in [3.8, 4) is 5.75 Å². The summed E-state index contributed by atoms with van der Waals surface area (Å²) in [5.41, 5.74) is 1.81. The molecular formula is C11H10FNOS. The van der Waals surface area contributed by atoms with Crippen LogP contribution < -0.4 is 10.1 Å². The predicted molar refractivity (Wildman–Crippen MR) is 61.4 cm³/mol. The Balaban J connectivity index is 2.51. The van der Waals surface area contributed by atoms with E-state index in [1.165, 1.54) is 13.2 Å². The highest BCUT2D eigenvalue weighted by atomic mass is 32.1. The van der Waals surface area contributed by atoms with Gasteiger partial charge < -0.3 is 10.1 Å². The SMILES string of the molecule is COc1cc2c(cc1F)CC(=S)NC=C2. The van der Waals surface area contributed by atoms with Crippen LogP contribution in [0.25, 0.3) is 6.08 Å². The van der Waals surface area contributed by atoms with Gasteiger partial charge in [0.2, 0.25) is 0 Å². The van der Waals surface area contributed by atoms with E-state index >= 15 is 0 Å². The van der Waals surface area contributed by atoms with Crippen LogP contribution in [0.2, 0.25) is 0 Å². The first kappa shape index (κ1) is 10.1. The van der Waals surface area contributed by atoms with Crippen molar-refractivity contribution in [3.63, 3.8) is 0 Å². The maximum atomic E-state index is 13.4. The number of benzene rings is 1. The van der Waals surface area contributed by atoms with Crippen molar-refractivity contribution in [2.24, 2.45) is 0 Å². The Hall–Kier alpha value is -1.42. The van der Waals surface area contributed by atoms with Crippen LogP contribution in [-0.2, 0) is 6.42 Å². The Labute approximate surface area is 92.7 Å². The van der Waals surface area contributed by atoms with Gasteiger partial charge in [0, 0.05) is 12.6 Å². The molecule has 1 aliphatic rings. The zero-order chi connectivity index (χ0) is 10.8. The molecule has 2 nitrogen and oxygen atoms in total. The highest BCUT2D eigenvalue weighted by molar-refractivity contribution is 7.80. The fourth-order valence-electron chi connectivity index (χ4n) is 1.52. The summed E-state index contributed by atoms with van der Waals surface area (Å²) >= 11 is 5.06. The Morgan fingerprint density at radius 2 is 2.27 bits per heavy atom. The fraction of sp³-hybridized carbons (Fsp3) is 0.182. The molecule has 0 fully saturated rings. The molecule has 2 rings (SSSR count). The molecule has 0 bridgehead atoms. The third-order valence-corrected chi connectivity index (χ3v) is 2.53. The van der Waals surface area contributed by atoms with Gasteiger partial charge >= 0.3 is 0 Å². The molecule has 0 atom stereocenters. The van der Waals surface area contributed by atoms with Crippen molar-refractivity contribution >= 4 is 23.3 Å². The fourth-order valence-corrected chi connectivity index (χ4v) is 1.75. The predicted octanol–water partition coefficient (Wildman–Crippen LogP) is 2.28. The molecule has 1 aromatic rings. The highest BCUT2D eigenvalue weighted by Gasteiger charge is 2.11. The molecule has 0 amide bonds. The van der Waals surface area contributed by atoms with Gasteiger partial charge in [0.25, 0.3) is 0 Å². The number of methoxy groups -OCH3 is 1. The normalized spacial score (nSPS) is 14.1. The van der Waals surface area contributed by atoms with Crippen LogP contribution in [0.15, 0.2) is 18.3 Å². The Kier molecular flexibility index (Phi) is 2.68. The molecule has 1 N–H and O–H groups in total. The lowest BCUT2D eigenvalue weighted by Gasteiger charge is -2.07. The van der Waals surface area contributed by atoms with Gasteiger partial charge in [-0.05, 0) is 29.3 Å². The second kappa shape index (κ2) is 3.98. The first-order valence-corrected chi connectivity index (χ1v) is 4.94. The molecule has 0 saturated carbocycles. The number of ether oxygens (including phenoxy) is 1. The second-order valence-electron chi connectivity index (χ2n) is 3.26. The van der Waals surface area contributed by atoms with Crippen molar-refractivity contribution < 1.29 is 9.13 Å². The average Bonchev–Trinajstić information content (AvgIpc) is 2.37. The van der Waals surface area contributed by atoms with Crippen molar-refractivity contribution in [1.82, 2.24) is 5.32 Å². The van der Waals surface area contributed by atoms with Gasteiger partial charge in [-0.3, -0.25) is 0 Å². The lowest BCUT2D eigenvalue weighted by Crippen LogP contribution is -2.15. The summed E-state index contributed by atoms with van der Waals surface area (Å²) in [6.45, 7) is 0. The minimum Gasteiger partial charge on any atom is -0.494 e. The topological polar surface area (TPSA) is 21.3 Å². The molecule has 15 heavy (non-hydrogen) atoms. The van der Waals surface area contributed by atoms with Gasteiger partial charge in [0.15, 0.2) is 11.6 Å². The smallest absolute Gasteiger partial charge is 0.165 e. The van der Waals surface area contributed by atoms with Gasteiger partial charge in [-0.25, -0.2) is 4.39 Å². The summed E-state index contributed by atoms with van der Waals surface area (Å²) in [6, 6.07) is 3.15. The minimum absolute atomic E-state index is 0.256. The number of thiocarbonyl (C=S) groups is 1. The third kappa shape index (κ3) is 1.99. The molecule has 0 unspecified atom stereocenters. The van der Waals surface area contributed by atoms with E-state index < -0.39 is 0 Å². The molecule has 0 aliphatic carbocycles. The van der Waals surface area contributed by atoms with Crippen molar-refractivity contribution in [2.45, 2.75) is 6.42 Å². The van der Waals surface area contributed by atoms with Gasteiger partial charge in [-0.1, -0.05) is 12.2 Å². The third-order valence-electron chi connectivity index (χ3n) is 2.27. The van der Waals surface area contributed by atoms with E-state index in [0.29, 0.717) is 11.4 Å². The number of hydrogen-bond donors (Lipinski definition) is 1. The van der Waals surface area contributed by atoms with Crippen molar-refractivity contribution in [1.29, 1.82) is 0 Å². The van der Waals surface area contributed by atoms with E-state index in [4.69, 9.17) is 17.0 Å². The average molecular weight is 223 g/mol. The quantitative estimate of drug-likeness (QED) is 0.738. The molecule has 0 aromatic heterocycles. The number of rotatable bonds is 1. The van der Waals surface area contributed by atoms with Crippen LogP contribution in [0.3, 0.4) is 0 Å². The van der Waals surface area contributed by atoms with Crippen LogP contribution in [0.1, 0.15) is 11.1 Å². The Bertz CT molecular complexity index is 442. The molecule has 1 heterocycles. The van der Waals surface area contributed by atoms with Crippen LogP contribution in [0.4, 0.5) is 4.39 Å². The highest BCUT2D eigenvalue weighted by Crippen LogP contribution is 2.24. The van der Waals surface area contributed by atoms with E-state index in [1.54, 1.807) is 12.3 Å². The molecule has 78 valence electrons. The summed E-state index contributed by atoms with van der Waals surface area (Å²) in [4.78, 5) is 0.689. The molecule has 0 radical (unpaired) electrons. The molecule has 1 aliphatic heterocycles. The van der Waals surface area contributed by atoms with E-state index in [9.17, 15) is 4.39 Å². The molecular weight excluding hydrogens is 213 g/mol. The van der Waals surface area contributed by atoms with E-state index in [2.05, 4.69) is 5.32 Å². The molecule has 1 aromatic carbocycles. The van der Waals surface area contributed by atoms with Gasteiger partial charge in [-0.15, -0.1) is 0 Å². The number of fused-ring (bicyclic) bond motifs is 1. The van der Waals surface area contributed by atoms with Crippen LogP contribution in [0, 0.1) is 5.82 Å². The minimum atomic E-state index is -0.352. The van der Waals surface area contributed by atoms with Crippen LogP contribution in [-0.4, -0.2) is 12.1 Å². The van der Waals surface area contributed by atoms with Crippen molar-refractivity contribution in [3.05, 3.63) is 35.3 Å². The zero-order valence-corrected chi connectivity index (χ0v) is 9.03. The van der Waals surface area contributed by atoms with Crippen LogP contribution in [0.5, 0.6) is 5.75 Å². The Morgan fingerprint density at radius 3 is 3.00 bits per heavy atom. The van der Waals surface area contributed by atoms with Gasteiger partial charge in [-0.2, -0.15) is 0 Å². The Morgan fingerprint density at radius 1 is 1.47 bits per heavy atom. The first-order chi connectivity index (χ1) is 7.20. The van der Waals surface area contributed by atoms with E-state index in [0.717, 1.165) is 11.1 Å². The standard InChI is InChI=1S/C11H10FNOS/c1-14-10-5-7-2-3-13-11(15)6-8(7)4-9(10)12/h2-5H,6H2,1H3,(H,13,15). The molecule has 4 heteroatoms.